The van der Waals surface area contributed by atoms with Crippen molar-refractivity contribution >= 4 is 17.6 Å². The second-order valence-electron chi connectivity index (χ2n) is 2.99. The minimum atomic E-state index is -0.559. The molecular formula is C11H10N2O3. The van der Waals surface area contributed by atoms with Crippen molar-refractivity contribution in [3.63, 3.8) is 0 Å². The van der Waals surface area contributed by atoms with Crippen LogP contribution in [0, 0.1) is 11.3 Å². The third-order valence-electron chi connectivity index (χ3n) is 1.71. The molecule has 0 aliphatic heterocycles. The lowest BCUT2D eigenvalue weighted by Gasteiger charge is -2.03. The summed E-state index contributed by atoms with van der Waals surface area (Å²) in [6.07, 6.45) is 0. The van der Waals surface area contributed by atoms with Crippen molar-refractivity contribution in [1.82, 2.24) is 0 Å². The number of benzene rings is 1. The van der Waals surface area contributed by atoms with Crippen molar-refractivity contribution in [2.24, 2.45) is 0 Å². The van der Waals surface area contributed by atoms with Crippen LogP contribution in [0.25, 0.3) is 0 Å². The Morgan fingerprint density at radius 1 is 1.38 bits per heavy atom. The van der Waals surface area contributed by atoms with E-state index in [1.807, 2.05) is 0 Å². The van der Waals surface area contributed by atoms with E-state index < -0.39 is 5.97 Å². The van der Waals surface area contributed by atoms with Gasteiger partial charge in [0, 0.05) is 12.6 Å². The number of hydrogen-bond donors (Lipinski definition) is 1. The van der Waals surface area contributed by atoms with Gasteiger partial charge in [-0.15, -0.1) is 0 Å². The normalized spacial score (nSPS) is 9.00. The highest BCUT2D eigenvalue weighted by molar-refractivity contribution is 5.92. The summed E-state index contributed by atoms with van der Waals surface area (Å²) >= 11 is 0. The van der Waals surface area contributed by atoms with E-state index in [1.165, 1.54) is 19.1 Å². The number of carbonyl (C=O) groups excluding carboxylic acids is 2. The number of nitrogens with one attached hydrogen (secondary N) is 1. The fourth-order valence-electron chi connectivity index (χ4n) is 1.07. The maximum Gasteiger partial charge on any atom is 0.339 e. The van der Waals surface area contributed by atoms with Gasteiger partial charge >= 0.3 is 5.97 Å². The Hall–Kier alpha value is -2.35. The average molecular weight is 218 g/mol. The van der Waals surface area contributed by atoms with Crippen molar-refractivity contribution in [2.75, 3.05) is 11.9 Å². The minimum Gasteiger partial charge on any atom is -0.447 e. The van der Waals surface area contributed by atoms with Crippen LogP contribution >= 0.6 is 0 Å². The molecule has 82 valence electrons. The molecule has 0 aromatic heterocycles. The standard InChI is InChI=1S/C11H10N2O3/c1-8(14)13-10-4-2-9(3-5-10)11(15)16-7-6-12/h2-5H,7H2,1H3,(H,13,14). The van der Waals surface area contributed by atoms with E-state index in [4.69, 9.17) is 5.26 Å². The van der Waals surface area contributed by atoms with E-state index in [9.17, 15) is 9.59 Å². The Morgan fingerprint density at radius 3 is 2.50 bits per heavy atom. The molecule has 1 aromatic carbocycles. The molecule has 0 aliphatic carbocycles. The van der Waals surface area contributed by atoms with E-state index in [0.717, 1.165) is 0 Å². The number of nitrogens with zero attached hydrogens (tertiary/aromatic N) is 1. The lowest BCUT2D eigenvalue weighted by molar-refractivity contribution is -0.114. The monoisotopic (exact) mass is 218 g/mol. The van der Waals surface area contributed by atoms with Gasteiger partial charge < -0.3 is 10.1 Å². The molecule has 0 bridgehead atoms. The first kappa shape index (κ1) is 11.7. The summed E-state index contributed by atoms with van der Waals surface area (Å²) in [6.45, 7) is 1.13. The molecule has 0 fully saturated rings. The first-order valence-electron chi connectivity index (χ1n) is 4.55. The van der Waals surface area contributed by atoms with Gasteiger partial charge in [0.25, 0.3) is 0 Å². The first-order chi connectivity index (χ1) is 7.63. The summed E-state index contributed by atoms with van der Waals surface area (Å²) in [6, 6.07) is 7.92. The molecule has 5 nitrogen and oxygen atoms in total. The Balaban J connectivity index is 2.67. The third-order valence-corrected chi connectivity index (χ3v) is 1.71. The van der Waals surface area contributed by atoms with Gasteiger partial charge in [-0.25, -0.2) is 4.79 Å². The molecule has 1 aromatic rings. The highest BCUT2D eigenvalue weighted by Crippen LogP contribution is 2.10. The Morgan fingerprint density at radius 2 is 2.00 bits per heavy atom. The van der Waals surface area contributed by atoms with Gasteiger partial charge in [-0.3, -0.25) is 4.79 Å². The number of anilines is 1. The molecule has 0 saturated carbocycles. The fraction of sp³-hybridized carbons (Fsp3) is 0.182. The van der Waals surface area contributed by atoms with E-state index in [2.05, 4.69) is 10.1 Å². The number of esters is 1. The SMILES string of the molecule is CC(=O)Nc1ccc(C(=O)OCC#N)cc1. The summed E-state index contributed by atoms with van der Waals surface area (Å²) < 4.78 is 4.61. The van der Waals surface area contributed by atoms with Gasteiger partial charge in [-0.05, 0) is 24.3 Å². The van der Waals surface area contributed by atoms with E-state index in [1.54, 1.807) is 18.2 Å². The highest BCUT2D eigenvalue weighted by atomic mass is 16.5. The van der Waals surface area contributed by atoms with Crippen LogP contribution in [-0.4, -0.2) is 18.5 Å². The predicted molar refractivity (Wildman–Crippen MR) is 56.6 cm³/mol. The fourth-order valence-corrected chi connectivity index (χ4v) is 1.07. The molecule has 0 heterocycles. The van der Waals surface area contributed by atoms with Crippen LogP contribution in [0.5, 0.6) is 0 Å². The molecule has 1 amide bonds. The highest BCUT2D eigenvalue weighted by Gasteiger charge is 2.06. The van der Waals surface area contributed by atoms with Gasteiger partial charge in [-0.1, -0.05) is 0 Å². The van der Waals surface area contributed by atoms with Crippen LogP contribution in [0.15, 0.2) is 24.3 Å². The number of rotatable bonds is 3. The molecule has 0 atom stereocenters. The number of carbonyl (C=O) groups is 2. The zero-order chi connectivity index (χ0) is 12.0. The van der Waals surface area contributed by atoms with Crippen molar-refractivity contribution in [3.05, 3.63) is 29.8 Å². The maximum atomic E-state index is 11.3. The van der Waals surface area contributed by atoms with Crippen LogP contribution in [0.1, 0.15) is 17.3 Å². The summed E-state index contributed by atoms with van der Waals surface area (Å²) in [5.74, 6) is -0.740. The van der Waals surface area contributed by atoms with Crippen LogP contribution in [0.3, 0.4) is 0 Å². The molecule has 0 radical (unpaired) electrons. The summed E-state index contributed by atoms with van der Waals surface area (Å²) in [7, 11) is 0. The Kier molecular flexibility index (Phi) is 4.04. The zero-order valence-corrected chi connectivity index (χ0v) is 8.69. The molecule has 0 unspecified atom stereocenters. The van der Waals surface area contributed by atoms with Crippen molar-refractivity contribution < 1.29 is 14.3 Å². The second-order valence-corrected chi connectivity index (χ2v) is 2.99. The smallest absolute Gasteiger partial charge is 0.339 e. The topological polar surface area (TPSA) is 79.2 Å². The van der Waals surface area contributed by atoms with Crippen LogP contribution < -0.4 is 5.32 Å². The van der Waals surface area contributed by atoms with Gasteiger partial charge in [0.1, 0.15) is 6.07 Å². The van der Waals surface area contributed by atoms with Gasteiger partial charge in [-0.2, -0.15) is 5.26 Å². The molecule has 5 heteroatoms. The molecule has 0 saturated heterocycles. The Labute approximate surface area is 92.6 Å². The third kappa shape index (κ3) is 3.42. The minimum absolute atomic E-state index is 0.181. The van der Waals surface area contributed by atoms with E-state index in [-0.39, 0.29) is 12.5 Å². The van der Waals surface area contributed by atoms with Gasteiger partial charge in [0.05, 0.1) is 5.56 Å². The largest absolute Gasteiger partial charge is 0.447 e. The van der Waals surface area contributed by atoms with E-state index in [0.29, 0.717) is 11.3 Å². The number of hydrogen-bond acceptors (Lipinski definition) is 4. The Bertz CT molecular complexity index is 432. The maximum absolute atomic E-state index is 11.3. The summed E-state index contributed by atoms with van der Waals surface area (Å²) in [5.41, 5.74) is 0.939. The van der Waals surface area contributed by atoms with Crippen LogP contribution in [0.4, 0.5) is 5.69 Å². The molecule has 1 rings (SSSR count). The predicted octanol–water partition coefficient (Wildman–Crippen LogP) is 1.33. The van der Waals surface area contributed by atoms with Crippen LogP contribution in [0.2, 0.25) is 0 Å². The second kappa shape index (κ2) is 5.51. The lowest BCUT2D eigenvalue weighted by Crippen LogP contribution is -2.07. The zero-order valence-electron chi connectivity index (χ0n) is 8.69. The number of ether oxygens (including phenoxy) is 1. The van der Waals surface area contributed by atoms with Gasteiger partial charge in [0.2, 0.25) is 5.91 Å². The summed E-state index contributed by atoms with van der Waals surface area (Å²) in [5, 5.41) is 10.8. The van der Waals surface area contributed by atoms with Crippen molar-refractivity contribution in [3.8, 4) is 6.07 Å². The summed E-state index contributed by atoms with van der Waals surface area (Å²) in [4.78, 5) is 22.0. The van der Waals surface area contributed by atoms with Crippen molar-refractivity contribution in [1.29, 1.82) is 5.26 Å². The van der Waals surface area contributed by atoms with Crippen LogP contribution in [-0.2, 0) is 9.53 Å². The molecule has 0 spiro atoms. The average Bonchev–Trinajstić information content (AvgIpc) is 2.26. The van der Waals surface area contributed by atoms with Crippen molar-refractivity contribution in [2.45, 2.75) is 6.92 Å². The molecule has 1 N–H and O–H groups in total. The molecule has 0 aliphatic rings. The van der Waals surface area contributed by atoms with Gasteiger partial charge in [0.15, 0.2) is 6.61 Å². The number of nitriles is 1. The molecule has 16 heavy (non-hydrogen) atoms. The quantitative estimate of drug-likeness (QED) is 0.776. The lowest BCUT2D eigenvalue weighted by atomic mass is 10.2. The molecular weight excluding hydrogens is 208 g/mol. The first-order valence-corrected chi connectivity index (χ1v) is 4.55. The van der Waals surface area contributed by atoms with E-state index >= 15 is 0 Å². The number of amides is 1.